The number of hydrogen-bond donors (Lipinski definition) is 0. The molecule has 2 rings (SSSR count). The highest BCUT2D eigenvalue weighted by molar-refractivity contribution is 8.13. The van der Waals surface area contributed by atoms with Gasteiger partial charge in [-0.05, 0) is 24.3 Å². The van der Waals surface area contributed by atoms with Crippen molar-refractivity contribution in [1.29, 1.82) is 5.26 Å². The predicted octanol–water partition coefficient (Wildman–Crippen LogP) is 2.61. The average Bonchev–Trinajstić information content (AvgIpc) is 2.76. The topological polar surface area (TPSA) is 70.8 Å². The van der Waals surface area contributed by atoms with E-state index in [1.54, 1.807) is 12.1 Å². The summed E-state index contributed by atoms with van der Waals surface area (Å²) in [5.74, 6) is 0. The van der Waals surface area contributed by atoms with Crippen molar-refractivity contribution in [2.24, 2.45) is 0 Å². The molecule has 0 unspecified atom stereocenters. The second-order valence-corrected chi connectivity index (χ2v) is 6.68. The Morgan fingerprint density at radius 3 is 2.71 bits per heavy atom. The Hall–Kier alpha value is -1.42. The van der Waals surface area contributed by atoms with E-state index in [4.69, 9.17) is 15.9 Å². The molecule has 4 nitrogen and oxygen atoms in total. The molecule has 0 aromatic carbocycles. The molecule has 0 spiro atoms. The molecule has 0 aliphatic carbocycles. The molecule has 2 aromatic heterocycles. The van der Waals surface area contributed by atoms with Crippen LogP contribution in [0.4, 0.5) is 0 Å². The van der Waals surface area contributed by atoms with E-state index in [-0.39, 0.29) is 10.6 Å². The van der Waals surface area contributed by atoms with Gasteiger partial charge in [0.05, 0.1) is 4.88 Å². The number of hydrogen-bond acceptors (Lipinski definition) is 5. The molecule has 0 atom stereocenters. The van der Waals surface area contributed by atoms with Crippen LogP contribution in [-0.2, 0) is 9.05 Å². The van der Waals surface area contributed by atoms with Gasteiger partial charge in [-0.15, -0.1) is 11.3 Å². The number of halogens is 1. The Kier molecular flexibility index (Phi) is 3.15. The van der Waals surface area contributed by atoms with Gasteiger partial charge in [-0.3, -0.25) is 4.98 Å². The van der Waals surface area contributed by atoms with Crippen molar-refractivity contribution in [1.82, 2.24) is 4.98 Å². The molecule has 0 N–H and O–H groups in total. The molecule has 0 radical (unpaired) electrons. The van der Waals surface area contributed by atoms with Crippen molar-refractivity contribution < 1.29 is 8.42 Å². The first-order valence-electron chi connectivity index (χ1n) is 4.42. The zero-order chi connectivity index (χ0) is 12.5. The third-order valence-corrected chi connectivity index (χ3v) is 4.33. The Labute approximate surface area is 107 Å². The van der Waals surface area contributed by atoms with Crippen molar-refractivity contribution in [3.05, 3.63) is 35.3 Å². The van der Waals surface area contributed by atoms with Crippen molar-refractivity contribution in [3.8, 4) is 16.6 Å². The van der Waals surface area contributed by atoms with E-state index in [1.165, 1.54) is 29.7 Å². The first kappa shape index (κ1) is 12.0. The standard InChI is InChI=1S/C10H5ClN2O2S2/c11-17(14,15)9-2-1-5-13-10(9)8-4-3-7(6-12)16-8/h1-5H. The molecule has 86 valence electrons. The lowest BCUT2D eigenvalue weighted by molar-refractivity contribution is 0.609. The maximum Gasteiger partial charge on any atom is 0.263 e. The van der Waals surface area contributed by atoms with Crippen LogP contribution in [0.1, 0.15) is 4.88 Å². The fourth-order valence-corrected chi connectivity index (χ4v) is 3.18. The summed E-state index contributed by atoms with van der Waals surface area (Å²) >= 11 is 1.17. The van der Waals surface area contributed by atoms with E-state index < -0.39 is 9.05 Å². The summed E-state index contributed by atoms with van der Waals surface area (Å²) in [7, 11) is 1.48. The van der Waals surface area contributed by atoms with Crippen LogP contribution in [0.3, 0.4) is 0 Å². The van der Waals surface area contributed by atoms with Gasteiger partial charge in [0.15, 0.2) is 0 Å². The number of rotatable bonds is 2. The Morgan fingerprint density at radius 1 is 1.35 bits per heavy atom. The summed E-state index contributed by atoms with van der Waals surface area (Å²) in [6, 6.07) is 8.13. The fraction of sp³-hybridized carbons (Fsp3) is 0. The van der Waals surface area contributed by atoms with Crippen LogP contribution in [-0.4, -0.2) is 13.4 Å². The summed E-state index contributed by atoms with van der Waals surface area (Å²) in [5.41, 5.74) is 0.272. The molecule has 2 heterocycles. The minimum Gasteiger partial charge on any atom is -0.254 e. The summed E-state index contributed by atoms with van der Waals surface area (Å²) in [6.07, 6.45) is 1.48. The van der Waals surface area contributed by atoms with E-state index in [2.05, 4.69) is 4.98 Å². The third-order valence-electron chi connectivity index (χ3n) is 1.98. The van der Waals surface area contributed by atoms with E-state index >= 15 is 0 Å². The largest absolute Gasteiger partial charge is 0.263 e. The molecule has 0 aliphatic heterocycles. The van der Waals surface area contributed by atoms with Gasteiger partial charge in [0.25, 0.3) is 9.05 Å². The van der Waals surface area contributed by atoms with Crippen LogP contribution in [0.15, 0.2) is 35.4 Å². The molecule has 2 aromatic rings. The molecular formula is C10H5ClN2O2S2. The van der Waals surface area contributed by atoms with Crippen LogP contribution < -0.4 is 0 Å². The minimum atomic E-state index is -3.85. The van der Waals surface area contributed by atoms with Gasteiger partial charge in [0.2, 0.25) is 0 Å². The zero-order valence-corrected chi connectivity index (χ0v) is 10.7. The molecule has 0 saturated carbocycles. The Bertz CT molecular complexity index is 701. The molecule has 0 saturated heterocycles. The van der Waals surface area contributed by atoms with Crippen molar-refractivity contribution in [3.63, 3.8) is 0 Å². The Balaban J connectivity index is 2.65. The Morgan fingerprint density at radius 2 is 2.12 bits per heavy atom. The predicted molar refractivity (Wildman–Crippen MR) is 65.3 cm³/mol. The minimum absolute atomic E-state index is 0.0481. The van der Waals surface area contributed by atoms with Crippen molar-refractivity contribution in [2.75, 3.05) is 0 Å². The first-order chi connectivity index (χ1) is 8.02. The lowest BCUT2D eigenvalue weighted by Gasteiger charge is -2.02. The third kappa shape index (κ3) is 2.47. The number of pyridine rings is 1. The maximum absolute atomic E-state index is 11.4. The highest BCUT2D eigenvalue weighted by Gasteiger charge is 2.18. The quantitative estimate of drug-likeness (QED) is 0.795. The highest BCUT2D eigenvalue weighted by Crippen LogP contribution is 2.32. The van der Waals surface area contributed by atoms with Crippen LogP contribution in [0.5, 0.6) is 0 Å². The van der Waals surface area contributed by atoms with E-state index in [9.17, 15) is 8.42 Å². The van der Waals surface area contributed by atoms with Gasteiger partial charge < -0.3 is 0 Å². The lowest BCUT2D eigenvalue weighted by atomic mass is 10.3. The van der Waals surface area contributed by atoms with E-state index in [0.29, 0.717) is 9.75 Å². The van der Waals surface area contributed by atoms with E-state index in [0.717, 1.165) is 0 Å². The molecule has 17 heavy (non-hydrogen) atoms. The van der Waals surface area contributed by atoms with Gasteiger partial charge in [-0.2, -0.15) is 5.26 Å². The van der Waals surface area contributed by atoms with Crippen LogP contribution in [0, 0.1) is 11.3 Å². The highest BCUT2D eigenvalue weighted by atomic mass is 35.7. The van der Waals surface area contributed by atoms with Crippen LogP contribution >= 0.6 is 22.0 Å². The molecular weight excluding hydrogens is 280 g/mol. The first-order valence-corrected chi connectivity index (χ1v) is 7.55. The van der Waals surface area contributed by atoms with Gasteiger partial charge in [-0.25, -0.2) is 8.42 Å². The molecule has 7 heteroatoms. The maximum atomic E-state index is 11.4. The monoisotopic (exact) mass is 284 g/mol. The SMILES string of the molecule is N#Cc1ccc(-c2ncccc2S(=O)(=O)Cl)s1. The summed E-state index contributed by atoms with van der Waals surface area (Å²) < 4.78 is 22.7. The average molecular weight is 285 g/mol. The smallest absolute Gasteiger partial charge is 0.254 e. The molecule has 0 bridgehead atoms. The number of nitriles is 1. The number of thiophene rings is 1. The van der Waals surface area contributed by atoms with E-state index in [1.807, 2.05) is 6.07 Å². The van der Waals surface area contributed by atoms with Crippen molar-refractivity contribution in [2.45, 2.75) is 4.90 Å². The normalized spacial score (nSPS) is 11.1. The summed E-state index contributed by atoms with van der Waals surface area (Å²) in [5, 5.41) is 8.72. The second kappa shape index (κ2) is 4.45. The molecule has 0 fully saturated rings. The second-order valence-electron chi connectivity index (χ2n) is 3.06. The fourth-order valence-electron chi connectivity index (χ4n) is 1.30. The van der Waals surface area contributed by atoms with Crippen LogP contribution in [0.2, 0.25) is 0 Å². The van der Waals surface area contributed by atoms with Crippen LogP contribution in [0.25, 0.3) is 10.6 Å². The lowest BCUT2D eigenvalue weighted by Crippen LogP contribution is -1.95. The van der Waals surface area contributed by atoms with Gasteiger partial charge in [0, 0.05) is 16.9 Å². The summed E-state index contributed by atoms with van der Waals surface area (Å²) in [4.78, 5) is 5.04. The number of nitrogens with zero attached hydrogens (tertiary/aromatic N) is 2. The van der Waals surface area contributed by atoms with Gasteiger partial charge in [-0.1, -0.05) is 0 Å². The summed E-state index contributed by atoms with van der Waals surface area (Å²) in [6.45, 7) is 0. The number of aromatic nitrogens is 1. The van der Waals surface area contributed by atoms with Gasteiger partial charge >= 0.3 is 0 Å². The van der Waals surface area contributed by atoms with Gasteiger partial charge in [0.1, 0.15) is 21.5 Å². The molecule has 0 amide bonds. The van der Waals surface area contributed by atoms with Crippen molar-refractivity contribution >= 4 is 31.1 Å². The zero-order valence-electron chi connectivity index (χ0n) is 8.29. The molecule has 0 aliphatic rings.